The third-order valence-corrected chi connectivity index (χ3v) is 2.61. The van der Waals surface area contributed by atoms with Crippen molar-refractivity contribution in [2.75, 3.05) is 26.8 Å². The second kappa shape index (κ2) is 8.08. The Balaban J connectivity index is 3.71. The van der Waals surface area contributed by atoms with Gasteiger partial charge in [0.15, 0.2) is 0 Å². The molecule has 0 aromatic heterocycles. The van der Waals surface area contributed by atoms with E-state index in [1.165, 1.54) is 0 Å². The molecule has 0 aliphatic heterocycles. The highest BCUT2D eigenvalue weighted by Gasteiger charge is 2.12. The van der Waals surface area contributed by atoms with Gasteiger partial charge in [-0.2, -0.15) is 0 Å². The van der Waals surface area contributed by atoms with Crippen molar-refractivity contribution in [1.82, 2.24) is 10.2 Å². The molecule has 3 nitrogen and oxygen atoms in total. The van der Waals surface area contributed by atoms with E-state index in [2.05, 4.69) is 44.8 Å². The van der Waals surface area contributed by atoms with Gasteiger partial charge in [-0.05, 0) is 34.6 Å². The zero-order valence-electron chi connectivity index (χ0n) is 11.2. The van der Waals surface area contributed by atoms with Crippen LogP contribution in [0.5, 0.6) is 0 Å². The van der Waals surface area contributed by atoms with Crippen LogP contribution in [0.25, 0.3) is 0 Å². The predicted molar refractivity (Wildman–Crippen MR) is 66.3 cm³/mol. The van der Waals surface area contributed by atoms with Crippen molar-refractivity contribution in [3.63, 3.8) is 0 Å². The third-order valence-electron chi connectivity index (χ3n) is 2.61. The van der Waals surface area contributed by atoms with E-state index in [0.717, 1.165) is 19.7 Å². The van der Waals surface area contributed by atoms with Crippen LogP contribution in [0, 0.1) is 0 Å². The number of rotatable bonds is 8. The number of ether oxygens (including phenoxy) is 1. The molecule has 0 aliphatic carbocycles. The van der Waals surface area contributed by atoms with Crippen LogP contribution in [0.2, 0.25) is 0 Å². The van der Waals surface area contributed by atoms with E-state index >= 15 is 0 Å². The maximum absolute atomic E-state index is 5.08. The first kappa shape index (κ1) is 14.9. The van der Waals surface area contributed by atoms with Crippen LogP contribution in [-0.4, -0.2) is 49.8 Å². The average molecular weight is 216 g/mol. The summed E-state index contributed by atoms with van der Waals surface area (Å²) in [4.78, 5) is 2.49. The molecule has 0 heterocycles. The predicted octanol–water partition coefficient (Wildman–Crippen LogP) is 1.73. The molecule has 0 aromatic rings. The zero-order chi connectivity index (χ0) is 11.8. The molecule has 0 aromatic carbocycles. The van der Waals surface area contributed by atoms with Crippen LogP contribution in [0.1, 0.15) is 34.6 Å². The quantitative estimate of drug-likeness (QED) is 0.669. The van der Waals surface area contributed by atoms with Crippen molar-refractivity contribution in [2.45, 2.75) is 52.7 Å². The Hall–Kier alpha value is -0.120. The number of nitrogens with zero attached hydrogens (tertiary/aromatic N) is 1. The van der Waals surface area contributed by atoms with Crippen molar-refractivity contribution in [3.05, 3.63) is 0 Å². The molecule has 15 heavy (non-hydrogen) atoms. The van der Waals surface area contributed by atoms with E-state index in [0.29, 0.717) is 18.1 Å². The Morgan fingerprint density at radius 2 is 1.60 bits per heavy atom. The molecule has 0 fully saturated rings. The summed E-state index contributed by atoms with van der Waals surface area (Å²) in [5.74, 6) is 0. The van der Waals surface area contributed by atoms with Crippen LogP contribution in [0.15, 0.2) is 0 Å². The minimum atomic E-state index is 0.441. The number of hydrogen-bond donors (Lipinski definition) is 1. The summed E-state index contributed by atoms with van der Waals surface area (Å²) in [6, 6.07) is 1.67. The van der Waals surface area contributed by atoms with Crippen LogP contribution in [0.3, 0.4) is 0 Å². The summed E-state index contributed by atoms with van der Waals surface area (Å²) in [5, 5.41) is 3.46. The van der Waals surface area contributed by atoms with Gasteiger partial charge < -0.3 is 10.1 Å². The van der Waals surface area contributed by atoms with Gasteiger partial charge in [0.1, 0.15) is 0 Å². The molecule has 0 spiro atoms. The topological polar surface area (TPSA) is 24.5 Å². The van der Waals surface area contributed by atoms with Gasteiger partial charge in [-0.1, -0.05) is 0 Å². The fraction of sp³-hybridized carbons (Fsp3) is 1.00. The highest BCUT2D eigenvalue weighted by atomic mass is 16.5. The molecule has 0 radical (unpaired) electrons. The lowest BCUT2D eigenvalue weighted by Gasteiger charge is -2.31. The normalized spacial score (nSPS) is 14.2. The molecule has 1 N–H and O–H groups in total. The molecular formula is C12H28N2O. The molecule has 3 heteroatoms. The first-order valence-corrected chi connectivity index (χ1v) is 5.97. The summed E-state index contributed by atoms with van der Waals surface area (Å²) in [6.45, 7) is 14.1. The molecular weight excluding hydrogens is 188 g/mol. The Bertz CT molecular complexity index is 141. The van der Waals surface area contributed by atoms with Crippen LogP contribution in [-0.2, 0) is 4.74 Å². The molecule has 0 rings (SSSR count). The van der Waals surface area contributed by atoms with Crippen LogP contribution in [0.4, 0.5) is 0 Å². The van der Waals surface area contributed by atoms with Crippen LogP contribution >= 0.6 is 0 Å². The van der Waals surface area contributed by atoms with Crippen molar-refractivity contribution in [2.24, 2.45) is 0 Å². The number of methoxy groups -OCH3 is 1. The molecule has 0 bridgehead atoms. The lowest BCUT2D eigenvalue weighted by atomic mass is 10.2. The van der Waals surface area contributed by atoms with Crippen molar-refractivity contribution in [3.8, 4) is 0 Å². The van der Waals surface area contributed by atoms with Crippen molar-refractivity contribution in [1.29, 1.82) is 0 Å². The summed E-state index contributed by atoms with van der Waals surface area (Å²) in [7, 11) is 1.74. The van der Waals surface area contributed by atoms with E-state index in [4.69, 9.17) is 4.74 Å². The van der Waals surface area contributed by atoms with Gasteiger partial charge in [0, 0.05) is 38.3 Å². The van der Waals surface area contributed by atoms with E-state index in [-0.39, 0.29) is 0 Å². The number of hydrogen-bond acceptors (Lipinski definition) is 3. The maximum Gasteiger partial charge on any atom is 0.0613 e. The van der Waals surface area contributed by atoms with E-state index < -0.39 is 0 Å². The smallest absolute Gasteiger partial charge is 0.0613 e. The second-order valence-corrected chi connectivity index (χ2v) is 4.74. The van der Waals surface area contributed by atoms with Gasteiger partial charge >= 0.3 is 0 Å². The molecule has 0 aliphatic rings. The maximum atomic E-state index is 5.08. The zero-order valence-corrected chi connectivity index (χ0v) is 11.2. The van der Waals surface area contributed by atoms with Gasteiger partial charge in [0.2, 0.25) is 0 Å². The van der Waals surface area contributed by atoms with Crippen molar-refractivity contribution < 1.29 is 4.74 Å². The summed E-state index contributed by atoms with van der Waals surface area (Å²) in [5.41, 5.74) is 0. The fourth-order valence-corrected chi connectivity index (χ4v) is 1.86. The molecule has 0 unspecified atom stereocenters. The molecule has 1 atom stereocenters. The Kier molecular flexibility index (Phi) is 8.02. The largest absolute Gasteiger partial charge is 0.383 e. The van der Waals surface area contributed by atoms with E-state index in [1.54, 1.807) is 7.11 Å². The second-order valence-electron chi connectivity index (χ2n) is 4.74. The SMILES string of the molecule is COC[C@@H](C)NCCN(C(C)C)C(C)C. The third kappa shape index (κ3) is 6.88. The van der Waals surface area contributed by atoms with Crippen LogP contribution < -0.4 is 5.32 Å². The van der Waals surface area contributed by atoms with Gasteiger partial charge in [-0.25, -0.2) is 0 Å². The Morgan fingerprint density at radius 3 is 2.00 bits per heavy atom. The van der Waals surface area contributed by atoms with Gasteiger partial charge in [0.25, 0.3) is 0 Å². The minimum absolute atomic E-state index is 0.441. The van der Waals surface area contributed by atoms with Crippen molar-refractivity contribution >= 4 is 0 Å². The van der Waals surface area contributed by atoms with E-state index in [1.807, 2.05) is 0 Å². The number of nitrogens with one attached hydrogen (secondary N) is 1. The Labute approximate surface area is 95.2 Å². The molecule has 0 saturated carbocycles. The highest BCUT2D eigenvalue weighted by Crippen LogP contribution is 2.03. The molecule has 92 valence electrons. The first-order chi connectivity index (χ1) is 6.99. The lowest BCUT2D eigenvalue weighted by molar-refractivity contribution is 0.154. The Morgan fingerprint density at radius 1 is 1.07 bits per heavy atom. The van der Waals surface area contributed by atoms with Gasteiger partial charge in [0.05, 0.1) is 6.61 Å². The van der Waals surface area contributed by atoms with Gasteiger partial charge in [-0.3, -0.25) is 4.90 Å². The van der Waals surface area contributed by atoms with Gasteiger partial charge in [-0.15, -0.1) is 0 Å². The molecule has 0 saturated heterocycles. The summed E-state index contributed by atoms with van der Waals surface area (Å²) < 4.78 is 5.08. The average Bonchev–Trinajstić information content (AvgIpc) is 2.11. The minimum Gasteiger partial charge on any atom is -0.383 e. The summed E-state index contributed by atoms with van der Waals surface area (Å²) >= 11 is 0. The highest BCUT2D eigenvalue weighted by molar-refractivity contribution is 4.69. The standard InChI is InChI=1S/C12H28N2O/c1-10(2)14(11(3)4)8-7-13-12(5)9-15-6/h10-13H,7-9H2,1-6H3/t12-/m1/s1. The summed E-state index contributed by atoms with van der Waals surface area (Å²) in [6.07, 6.45) is 0. The fourth-order valence-electron chi connectivity index (χ4n) is 1.86. The molecule has 0 amide bonds. The first-order valence-electron chi connectivity index (χ1n) is 5.97. The monoisotopic (exact) mass is 216 g/mol. The lowest BCUT2D eigenvalue weighted by Crippen LogP contribution is -2.43. The van der Waals surface area contributed by atoms with E-state index in [9.17, 15) is 0 Å².